The highest BCUT2D eigenvalue weighted by Crippen LogP contribution is 2.42. The molecule has 12 nitrogen and oxygen atoms in total. The minimum absolute atomic E-state index is 0.0796. The molecule has 0 bridgehead atoms. The first-order valence-corrected chi connectivity index (χ1v) is 14.3. The first kappa shape index (κ1) is 24.2. The Morgan fingerprint density at radius 3 is 2.75 bits per heavy atom. The maximum atomic E-state index is 6.51. The number of hydrogen-bond acceptors (Lipinski definition) is 10. The van der Waals surface area contributed by atoms with Gasteiger partial charge in [-0.25, -0.2) is 9.97 Å². The van der Waals surface area contributed by atoms with Gasteiger partial charge < -0.3 is 25.0 Å². The monoisotopic (exact) mass is 542 g/mol. The molecule has 0 radical (unpaired) electrons. The number of aromatic nitrogens is 7. The van der Waals surface area contributed by atoms with Gasteiger partial charge in [-0.2, -0.15) is 10.2 Å². The molecule has 4 aliphatic rings. The molecule has 3 N–H and O–H groups in total. The van der Waals surface area contributed by atoms with Gasteiger partial charge in [-0.3, -0.25) is 14.8 Å². The standard InChI is InChI=1S/C28H34N10O2/c1-17-25(29)28(16-40-17)6-9-36(10-7-28)23-12-30-24-26(33-23)34-35-27(24)37-8-2-3-21-22(37)5-4-20(32-21)18-11-31-38(13-18)19-14-39-15-19/h4-5,11-13,17,19,25H,2-3,6-10,14-16,29H2,1H3,(H,33,34,35)/t17-,25+/m0/s1. The smallest absolute Gasteiger partial charge is 0.183 e. The largest absolute Gasteiger partial charge is 0.377 e. The van der Waals surface area contributed by atoms with Crippen LogP contribution in [0.4, 0.5) is 17.3 Å². The molecule has 0 unspecified atom stereocenters. The fraction of sp³-hybridized carbons (Fsp3) is 0.536. The fourth-order valence-corrected chi connectivity index (χ4v) is 6.65. The number of nitrogens with two attached hydrogens (primary N) is 1. The average Bonchev–Trinajstić information content (AvgIpc) is 3.67. The summed E-state index contributed by atoms with van der Waals surface area (Å²) in [7, 11) is 0. The molecule has 3 saturated heterocycles. The Balaban J connectivity index is 1.03. The van der Waals surface area contributed by atoms with E-state index in [4.69, 9.17) is 30.2 Å². The topological polar surface area (TPSA) is 136 Å². The number of piperidine rings is 1. The predicted octanol–water partition coefficient (Wildman–Crippen LogP) is 2.60. The van der Waals surface area contributed by atoms with Crippen LogP contribution in [-0.4, -0.2) is 86.5 Å². The summed E-state index contributed by atoms with van der Waals surface area (Å²) in [5, 5.41) is 12.3. The van der Waals surface area contributed by atoms with Gasteiger partial charge in [0.25, 0.3) is 0 Å². The van der Waals surface area contributed by atoms with Crippen LogP contribution < -0.4 is 15.5 Å². The van der Waals surface area contributed by atoms with E-state index < -0.39 is 0 Å². The van der Waals surface area contributed by atoms with Crippen molar-refractivity contribution in [2.75, 3.05) is 49.3 Å². The highest BCUT2D eigenvalue weighted by molar-refractivity contribution is 5.87. The minimum atomic E-state index is 0.0796. The lowest BCUT2D eigenvalue weighted by molar-refractivity contribution is -0.0286. The molecule has 1 spiro atoms. The molecule has 2 atom stereocenters. The molecular formula is C28H34N10O2. The number of hydrogen-bond donors (Lipinski definition) is 2. The van der Waals surface area contributed by atoms with Crippen molar-refractivity contribution < 1.29 is 9.47 Å². The molecule has 208 valence electrons. The number of H-pyrrole nitrogens is 1. The quantitative estimate of drug-likeness (QED) is 0.396. The van der Waals surface area contributed by atoms with Crippen molar-refractivity contribution in [2.24, 2.45) is 11.1 Å². The number of pyridine rings is 1. The van der Waals surface area contributed by atoms with Crippen LogP contribution >= 0.6 is 0 Å². The van der Waals surface area contributed by atoms with Crippen LogP contribution in [0.15, 0.2) is 30.7 Å². The van der Waals surface area contributed by atoms with Crippen LogP contribution in [0.5, 0.6) is 0 Å². The molecule has 4 aromatic rings. The first-order chi connectivity index (χ1) is 19.6. The number of rotatable bonds is 4. The first-order valence-electron chi connectivity index (χ1n) is 14.3. The van der Waals surface area contributed by atoms with Crippen molar-refractivity contribution in [1.82, 2.24) is 34.9 Å². The summed E-state index contributed by atoms with van der Waals surface area (Å²) in [4.78, 5) is 19.3. The third kappa shape index (κ3) is 3.80. The summed E-state index contributed by atoms with van der Waals surface area (Å²) in [5.41, 5.74) is 12.2. The second kappa shape index (κ2) is 9.22. The number of nitrogens with one attached hydrogen (secondary N) is 1. The Morgan fingerprint density at radius 1 is 1.10 bits per heavy atom. The summed E-state index contributed by atoms with van der Waals surface area (Å²) >= 11 is 0. The zero-order valence-electron chi connectivity index (χ0n) is 22.7. The second-order valence-corrected chi connectivity index (χ2v) is 11.7. The van der Waals surface area contributed by atoms with Gasteiger partial charge in [0.15, 0.2) is 17.0 Å². The molecule has 12 heteroatoms. The number of aryl methyl sites for hydroxylation is 1. The van der Waals surface area contributed by atoms with Gasteiger partial charge in [0.1, 0.15) is 5.82 Å². The van der Waals surface area contributed by atoms with E-state index in [0.717, 1.165) is 105 Å². The summed E-state index contributed by atoms with van der Waals surface area (Å²) < 4.78 is 13.2. The number of nitrogens with zero attached hydrogens (tertiary/aromatic N) is 8. The van der Waals surface area contributed by atoms with Gasteiger partial charge in [-0.15, -0.1) is 0 Å². The Bertz CT molecular complexity index is 1550. The van der Waals surface area contributed by atoms with Crippen molar-refractivity contribution in [3.05, 3.63) is 36.4 Å². The SMILES string of the molecule is C[C@@H]1OCC2(CCN(c3cnc4c(N5CCCc6nc(-c7cnn(C8COC8)c7)ccc65)n[nH]c4n3)CC2)[C@@H]1N. The summed E-state index contributed by atoms with van der Waals surface area (Å²) in [6, 6.07) is 4.63. The van der Waals surface area contributed by atoms with Gasteiger partial charge in [0.05, 0.1) is 61.4 Å². The lowest BCUT2D eigenvalue weighted by Gasteiger charge is -2.41. The van der Waals surface area contributed by atoms with Gasteiger partial charge in [0, 0.05) is 42.9 Å². The van der Waals surface area contributed by atoms with Crippen molar-refractivity contribution >= 4 is 28.5 Å². The van der Waals surface area contributed by atoms with E-state index in [2.05, 4.69) is 50.3 Å². The maximum Gasteiger partial charge on any atom is 0.183 e. The van der Waals surface area contributed by atoms with E-state index in [-0.39, 0.29) is 17.6 Å². The van der Waals surface area contributed by atoms with Crippen LogP contribution in [-0.2, 0) is 15.9 Å². The molecule has 40 heavy (non-hydrogen) atoms. The molecular weight excluding hydrogens is 508 g/mol. The van der Waals surface area contributed by atoms with Crippen LogP contribution in [0, 0.1) is 5.41 Å². The Hall–Kier alpha value is -3.61. The molecule has 0 aliphatic carbocycles. The van der Waals surface area contributed by atoms with E-state index in [1.807, 2.05) is 17.1 Å². The van der Waals surface area contributed by atoms with E-state index in [1.165, 1.54) is 0 Å². The lowest BCUT2D eigenvalue weighted by atomic mass is 9.73. The zero-order chi connectivity index (χ0) is 26.8. The van der Waals surface area contributed by atoms with Crippen LogP contribution in [0.2, 0.25) is 0 Å². The van der Waals surface area contributed by atoms with Crippen LogP contribution in [0.1, 0.15) is 37.9 Å². The van der Waals surface area contributed by atoms with Crippen molar-refractivity contribution in [2.45, 2.75) is 50.8 Å². The molecule has 4 aromatic heterocycles. The summed E-state index contributed by atoms with van der Waals surface area (Å²) in [6.07, 6.45) is 9.87. The minimum Gasteiger partial charge on any atom is -0.377 e. The number of aromatic amines is 1. The third-order valence-corrected chi connectivity index (χ3v) is 9.35. The molecule has 0 aromatic carbocycles. The van der Waals surface area contributed by atoms with Gasteiger partial charge in [-0.05, 0) is 44.7 Å². The molecule has 0 saturated carbocycles. The van der Waals surface area contributed by atoms with Crippen molar-refractivity contribution in [1.29, 1.82) is 0 Å². The highest BCUT2D eigenvalue weighted by atomic mass is 16.5. The highest BCUT2D eigenvalue weighted by Gasteiger charge is 2.47. The van der Waals surface area contributed by atoms with Gasteiger partial charge >= 0.3 is 0 Å². The number of anilines is 3. The Morgan fingerprint density at radius 2 is 1.98 bits per heavy atom. The maximum absolute atomic E-state index is 6.51. The predicted molar refractivity (Wildman–Crippen MR) is 150 cm³/mol. The molecule has 4 aliphatic heterocycles. The van der Waals surface area contributed by atoms with Crippen LogP contribution in [0.25, 0.3) is 22.4 Å². The lowest BCUT2D eigenvalue weighted by Crippen LogP contribution is -2.50. The van der Waals surface area contributed by atoms with Crippen molar-refractivity contribution in [3.8, 4) is 11.3 Å². The second-order valence-electron chi connectivity index (χ2n) is 11.7. The van der Waals surface area contributed by atoms with E-state index in [0.29, 0.717) is 11.7 Å². The normalized spacial score (nSPS) is 24.6. The number of ether oxygens (including phenoxy) is 2. The summed E-state index contributed by atoms with van der Waals surface area (Å²) in [5.74, 6) is 1.67. The Kier molecular flexibility index (Phi) is 5.58. The zero-order valence-corrected chi connectivity index (χ0v) is 22.7. The fourth-order valence-electron chi connectivity index (χ4n) is 6.65. The van der Waals surface area contributed by atoms with Crippen LogP contribution in [0.3, 0.4) is 0 Å². The van der Waals surface area contributed by atoms with Gasteiger partial charge in [0.2, 0.25) is 0 Å². The van der Waals surface area contributed by atoms with E-state index >= 15 is 0 Å². The summed E-state index contributed by atoms with van der Waals surface area (Å²) in [6.45, 7) is 6.92. The molecule has 0 amide bonds. The van der Waals surface area contributed by atoms with Crippen molar-refractivity contribution in [3.63, 3.8) is 0 Å². The Labute approximate surface area is 231 Å². The average molecular weight is 543 g/mol. The van der Waals surface area contributed by atoms with E-state index in [1.54, 1.807) is 0 Å². The molecule has 8 rings (SSSR count). The van der Waals surface area contributed by atoms with E-state index in [9.17, 15) is 0 Å². The molecule has 8 heterocycles. The number of fused-ring (bicyclic) bond motifs is 2. The van der Waals surface area contributed by atoms with Gasteiger partial charge in [-0.1, -0.05) is 0 Å². The molecule has 3 fully saturated rings. The third-order valence-electron chi connectivity index (χ3n) is 9.35.